The van der Waals surface area contributed by atoms with Crippen molar-refractivity contribution in [1.82, 2.24) is 16.0 Å². The summed E-state index contributed by atoms with van der Waals surface area (Å²) in [6, 6.07) is 0.196. The number of nitrogens with zero attached hydrogens (tertiary/aromatic N) is 1. The van der Waals surface area contributed by atoms with E-state index in [1.54, 1.807) is 18.8 Å². The highest BCUT2D eigenvalue weighted by molar-refractivity contribution is 14.0. The Bertz CT molecular complexity index is 249. The van der Waals surface area contributed by atoms with Crippen LogP contribution in [0.3, 0.4) is 0 Å². The van der Waals surface area contributed by atoms with E-state index in [-0.39, 0.29) is 35.9 Å². The van der Waals surface area contributed by atoms with Crippen molar-refractivity contribution in [3.8, 4) is 0 Å². The van der Waals surface area contributed by atoms with Crippen LogP contribution in [-0.4, -0.2) is 50.1 Å². The van der Waals surface area contributed by atoms with Gasteiger partial charge in [-0.3, -0.25) is 9.79 Å². The summed E-state index contributed by atoms with van der Waals surface area (Å²) < 4.78 is 0. The van der Waals surface area contributed by atoms with Crippen molar-refractivity contribution < 1.29 is 4.79 Å². The standard InChI is InChI=1S/C11H24N4OS.HI/c1-9(2)15-10(16)5-6-13-11(12-3)14-7-8-17-4;/h9H,5-8H2,1-4H3,(H,15,16)(H2,12,13,14);1H. The van der Waals surface area contributed by atoms with E-state index in [2.05, 4.69) is 27.2 Å². The third-order valence-corrected chi connectivity index (χ3v) is 2.53. The van der Waals surface area contributed by atoms with Crippen LogP contribution >= 0.6 is 35.7 Å². The summed E-state index contributed by atoms with van der Waals surface area (Å²) in [4.78, 5) is 15.4. The van der Waals surface area contributed by atoms with E-state index in [0.717, 1.165) is 18.3 Å². The monoisotopic (exact) mass is 388 g/mol. The van der Waals surface area contributed by atoms with E-state index in [0.29, 0.717) is 13.0 Å². The average molecular weight is 388 g/mol. The molecule has 1 amide bonds. The fourth-order valence-electron chi connectivity index (χ4n) is 1.18. The Hall–Kier alpha value is -0.180. The van der Waals surface area contributed by atoms with Gasteiger partial charge in [-0.1, -0.05) is 0 Å². The summed E-state index contributed by atoms with van der Waals surface area (Å²) in [6.07, 6.45) is 2.52. The number of amides is 1. The Morgan fingerprint density at radius 3 is 2.39 bits per heavy atom. The number of thioether (sulfide) groups is 1. The van der Waals surface area contributed by atoms with Gasteiger partial charge in [-0.25, -0.2) is 0 Å². The molecule has 0 aromatic carbocycles. The Morgan fingerprint density at radius 1 is 1.28 bits per heavy atom. The summed E-state index contributed by atoms with van der Waals surface area (Å²) in [7, 11) is 1.72. The Balaban J connectivity index is 0. The van der Waals surface area contributed by atoms with Gasteiger partial charge in [-0.2, -0.15) is 11.8 Å². The lowest BCUT2D eigenvalue weighted by atomic mass is 10.3. The molecule has 0 fully saturated rings. The third-order valence-electron chi connectivity index (χ3n) is 1.92. The molecule has 0 spiro atoms. The quantitative estimate of drug-likeness (QED) is 0.264. The fraction of sp³-hybridized carbons (Fsp3) is 0.818. The van der Waals surface area contributed by atoms with Crippen LogP contribution in [0.1, 0.15) is 20.3 Å². The predicted molar refractivity (Wildman–Crippen MR) is 91.1 cm³/mol. The Labute approximate surface area is 131 Å². The first-order chi connectivity index (χ1) is 8.10. The molecule has 0 aliphatic carbocycles. The first-order valence-corrected chi connectivity index (χ1v) is 7.22. The largest absolute Gasteiger partial charge is 0.356 e. The molecule has 108 valence electrons. The minimum atomic E-state index is 0. The summed E-state index contributed by atoms with van der Waals surface area (Å²) in [5, 5.41) is 9.12. The van der Waals surface area contributed by atoms with Crippen LogP contribution in [0.4, 0.5) is 0 Å². The maximum absolute atomic E-state index is 11.4. The Morgan fingerprint density at radius 2 is 1.89 bits per heavy atom. The average Bonchev–Trinajstić information content (AvgIpc) is 2.26. The normalized spacial score (nSPS) is 10.8. The van der Waals surface area contributed by atoms with E-state index < -0.39 is 0 Å². The molecule has 3 N–H and O–H groups in total. The number of nitrogens with one attached hydrogen (secondary N) is 3. The molecule has 0 aliphatic heterocycles. The van der Waals surface area contributed by atoms with Gasteiger partial charge in [0.25, 0.3) is 0 Å². The second kappa shape index (κ2) is 13.3. The fourth-order valence-corrected chi connectivity index (χ4v) is 1.49. The topological polar surface area (TPSA) is 65.5 Å². The second-order valence-corrected chi connectivity index (χ2v) is 4.88. The molecule has 0 aromatic rings. The molecule has 0 radical (unpaired) electrons. The minimum Gasteiger partial charge on any atom is -0.356 e. The highest BCUT2D eigenvalue weighted by Gasteiger charge is 2.03. The van der Waals surface area contributed by atoms with Crippen LogP contribution in [0, 0.1) is 0 Å². The van der Waals surface area contributed by atoms with Gasteiger partial charge < -0.3 is 16.0 Å². The maximum Gasteiger partial charge on any atom is 0.221 e. The van der Waals surface area contributed by atoms with Gasteiger partial charge in [0.2, 0.25) is 5.91 Å². The van der Waals surface area contributed by atoms with E-state index >= 15 is 0 Å². The van der Waals surface area contributed by atoms with E-state index in [1.165, 1.54) is 0 Å². The first-order valence-electron chi connectivity index (χ1n) is 5.83. The highest BCUT2D eigenvalue weighted by atomic mass is 127. The van der Waals surface area contributed by atoms with Gasteiger partial charge >= 0.3 is 0 Å². The number of aliphatic imine (C=N–C) groups is 1. The van der Waals surface area contributed by atoms with Crippen LogP contribution in [0.15, 0.2) is 4.99 Å². The van der Waals surface area contributed by atoms with Crippen molar-refractivity contribution in [2.24, 2.45) is 4.99 Å². The number of guanidine groups is 1. The molecule has 0 aliphatic rings. The zero-order valence-corrected chi connectivity index (χ0v) is 14.7. The Kier molecular flexibility index (Phi) is 14.8. The van der Waals surface area contributed by atoms with Crippen LogP contribution in [0.25, 0.3) is 0 Å². The number of hydrogen-bond acceptors (Lipinski definition) is 3. The number of halogens is 1. The summed E-state index contributed by atoms with van der Waals surface area (Å²) in [5.41, 5.74) is 0. The minimum absolute atomic E-state index is 0. The third kappa shape index (κ3) is 12.3. The second-order valence-electron chi connectivity index (χ2n) is 3.89. The van der Waals surface area contributed by atoms with Crippen molar-refractivity contribution >= 4 is 47.6 Å². The molecular weight excluding hydrogens is 363 g/mol. The van der Waals surface area contributed by atoms with Gasteiger partial charge in [0.15, 0.2) is 5.96 Å². The van der Waals surface area contributed by atoms with Gasteiger partial charge in [0, 0.05) is 38.4 Å². The molecule has 0 bridgehead atoms. The van der Waals surface area contributed by atoms with Gasteiger partial charge in [-0.15, -0.1) is 24.0 Å². The SMILES string of the molecule is CN=C(NCCSC)NCCC(=O)NC(C)C.I. The molecule has 0 saturated heterocycles. The molecule has 0 atom stereocenters. The predicted octanol–water partition coefficient (Wildman–Crippen LogP) is 1.05. The van der Waals surface area contributed by atoms with E-state index in [1.807, 2.05) is 13.8 Å². The first kappa shape index (κ1) is 20.1. The zero-order chi connectivity index (χ0) is 13.1. The lowest BCUT2D eigenvalue weighted by Crippen LogP contribution is -2.40. The summed E-state index contributed by atoms with van der Waals surface area (Å²) in [6.45, 7) is 5.37. The van der Waals surface area contributed by atoms with Crippen molar-refractivity contribution in [2.45, 2.75) is 26.3 Å². The van der Waals surface area contributed by atoms with Crippen molar-refractivity contribution in [2.75, 3.05) is 32.1 Å². The lowest BCUT2D eigenvalue weighted by Gasteiger charge is -2.12. The number of hydrogen-bond donors (Lipinski definition) is 3. The molecule has 0 saturated carbocycles. The molecule has 0 aromatic heterocycles. The van der Waals surface area contributed by atoms with Crippen LogP contribution in [0.2, 0.25) is 0 Å². The maximum atomic E-state index is 11.4. The van der Waals surface area contributed by atoms with Crippen LogP contribution in [-0.2, 0) is 4.79 Å². The van der Waals surface area contributed by atoms with Crippen LogP contribution in [0.5, 0.6) is 0 Å². The van der Waals surface area contributed by atoms with Crippen molar-refractivity contribution in [3.63, 3.8) is 0 Å². The highest BCUT2D eigenvalue weighted by Crippen LogP contribution is 1.87. The molecule has 0 unspecified atom stereocenters. The molecule has 7 heteroatoms. The lowest BCUT2D eigenvalue weighted by molar-refractivity contribution is -0.121. The molecule has 18 heavy (non-hydrogen) atoms. The van der Waals surface area contributed by atoms with Crippen LogP contribution < -0.4 is 16.0 Å². The van der Waals surface area contributed by atoms with Crippen molar-refractivity contribution in [3.05, 3.63) is 0 Å². The smallest absolute Gasteiger partial charge is 0.221 e. The molecule has 0 rings (SSSR count). The zero-order valence-electron chi connectivity index (χ0n) is 11.6. The number of rotatable bonds is 7. The van der Waals surface area contributed by atoms with E-state index in [4.69, 9.17) is 0 Å². The van der Waals surface area contributed by atoms with E-state index in [9.17, 15) is 4.79 Å². The molecule has 0 heterocycles. The number of carbonyl (C=O) groups is 1. The molecule has 5 nitrogen and oxygen atoms in total. The van der Waals surface area contributed by atoms with Gasteiger partial charge in [0.1, 0.15) is 0 Å². The molecular formula is C11H25IN4OS. The number of carbonyl (C=O) groups excluding carboxylic acids is 1. The van der Waals surface area contributed by atoms with Gasteiger partial charge in [0.05, 0.1) is 0 Å². The van der Waals surface area contributed by atoms with Crippen molar-refractivity contribution in [1.29, 1.82) is 0 Å². The van der Waals surface area contributed by atoms with Gasteiger partial charge in [-0.05, 0) is 20.1 Å². The summed E-state index contributed by atoms with van der Waals surface area (Å²) in [5.74, 6) is 1.85. The summed E-state index contributed by atoms with van der Waals surface area (Å²) >= 11 is 1.78.